The minimum atomic E-state index is -0.422. The van der Waals surface area contributed by atoms with Crippen molar-refractivity contribution in [2.45, 2.75) is 25.9 Å². The van der Waals surface area contributed by atoms with Crippen LogP contribution < -0.4 is 5.32 Å². The molecule has 0 aromatic heterocycles. The summed E-state index contributed by atoms with van der Waals surface area (Å²) in [6.07, 6.45) is 1.37. The normalized spacial score (nSPS) is 20.6. The standard InChI is InChI=1S/C14H18BrFN2O2/c1-9(19)10-3-2-4-18(8-10)14(20)17-13-6-11(15)5-12(16)7-13/h5-7,9-10,19H,2-4,8H2,1H3,(H,17,20)/t9-,10+/m0/s1. The molecule has 0 radical (unpaired) electrons. The average molecular weight is 345 g/mol. The van der Waals surface area contributed by atoms with Crippen molar-refractivity contribution >= 4 is 27.6 Å². The van der Waals surface area contributed by atoms with E-state index in [-0.39, 0.29) is 11.9 Å². The maximum absolute atomic E-state index is 13.3. The topological polar surface area (TPSA) is 52.6 Å². The first-order chi connectivity index (χ1) is 9.45. The monoisotopic (exact) mass is 344 g/mol. The second kappa shape index (κ2) is 6.54. The van der Waals surface area contributed by atoms with Crippen LogP contribution in [0.5, 0.6) is 0 Å². The Kier molecular flexibility index (Phi) is 4.99. The summed E-state index contributed by atoms with van der Waals surface area (Å²) < 4.78 is 13.8. The van der Waals surface area contributed by atoms with Gasteiger partial charge in [-0.15, -0.1) is 0 Å². The number of nitrogens with zero attached hydrogens (tertiary/aromatic N) is 1. The van der Waals surface area contributed by atoms with Gasteiger partial charge < -0.3 is 15.3 Å². The van der Waals surface area contributed by atoms with Crippen LogP contribution >= 0.6 is 15.9 Å². The van der Waals surface area contributed by atoms with E-state index >= 15 is 0 Å². The highest BCUT2D eigenvalue weighted by molar-refractivity contribution is 9.10. The molecule has 1 aromatic carbocycles. The number of aliphatic hydroxyl groups excluding tert-OH is 1. The summed E-state index contributed by atoms with van der Waals surface area (Å²) in [5.41, 5.74) is 0.418. The fourth-order valence-electron chi connectivity index (χ4n) is 2.42. The lowest BCUT2D eigenvalue weighted by atomic mass is 9.94. The molecule has 1 aromatic rings. The molecule has 1 aliphatic rings. The Balaban J connectivity index is 2.00. The third kappa shape index (κ3) is 3.93. The van der Waals surface area contributed by atoms with Crippen LogP contribution in [0.25, 0.3) is 0 Å². The molecular weight excluding hydrogens is 327 g/mol. The van der Waals surface area contributed by atoms with E-state index in [0.29, 0.717) is 23.2 Å². The van der Waals surface area contributed by atoms with Crippen LogP contribution in [-0.4, -0.2) is 35.2 Å². The van der Waals surface area contributed by atoms with Gasteiger partial charge in [0.1, 0.15) is 5.82 Å². The summed E-state index contributed by atoms with van der Waals surface area (Å²) in [4.78, 5) is 13.8. The Hall–Kier alpha value is -1.14. The number of piperidine rings is 1. The van der Waals surface area contributed by atoms with Gasteiger partial charge in [-0.05, 0) is 38.0 Å². The van der Waals surface area contributed by atoms with Gasteiger partial charge in [-0.1, -0.05) is 15.9 Å². The third-order valence-electron chi connectivity index (χ3n) is 3.54. The number of hydrogen-bond donors (Lipinski definition) is 2. The van der Waals surface area contributed by atoms with Gasteiger partial charge in [-0.2, -0.15) is 0 Å². The molecule has 6 heteroatoms. The lowest BCUT2D eigenvalue weighted by molar-refractivity contribution is 0.0766. The summed E-state index contributed by atoms with van der Waals surface area (Å²) >= 11 is 3.19. The smallest absolute Gasteiger partial charge is 0.321 e. The molecule has 2 atom stereocenters. The highest BCUT2D eigenvalue weighted by atomic mass is 79.9. The lowest BCUT2D eigenvalue weighted by Gasteiger charge is -2.34. The van der Waals surface area contributed by atoms with E-state index < -0.39 is 11.9 Å². The minimum Gasteiger partial charge on any atom is -0.393 e. The molecule has 2 rings (SSSR count). The molecule has 0 unspecified atom stereocenters. The number of benzene rings is 1. The van der Waals surface area contributed by atoms with Crippen molar-refractivity contribution in [3.05, 3.63) is 28.5 Å². The van der Waals surface area contributed by atoms with Crippen LogP contribution in [0.3, 0.4) is 0 Å². The second-order valence-electron chi connectivity index (χ2n) is 5.18. The third-order valence-corrected chi connectivity index (χ3v) is 4.00. The first kappa shape index (κ1) is 15.3. The second-order valence-corrected chi connectivity index (χ2v) is 6.09. The molecule has 20 heavy (non-hydrogen) atoms. The Bertz CT molecular complexity index is 476. The molecule has 1 heterocycles. The Morgan fingerprint density at radius 1 is 1.55 bits per heavy atom. The number of nitrogens with one attached hydrogen (secondary N) is 1. The van der Waals surface area contributed by atoms with Crippen LogP contribution in [-0.2, 0) is 0 Å². The largest absolute Gasteiger partial charge is 0.393 e. The first-order valence-corrected chi connectivity index (χ1v) is 7.45. The molecule has 1 aliphatic heterocycles. The van der Waals surface area contributed by atoms with Gasteiger partial charge in [-0.3, -0.25) is 0 Å². The quantitative estimate of drug-likeness (QED) is 0.865. The number of urea groups is 1. The highest BCUT2D eigenvalue weighted by Crippen LogP contribution is 2.22. The number of carbonyl (C=O) groups excluding carboxylic acids is 1. The molecule has 0 bridgehead atoms. The zero-order valence-electron chi connectivity index (χ0n) is 11.3. The number of rotatable bonds is 2. The van der Waals surface area contributed by atoms with Crippen molar-refractivity contribution in [3.8, 4) is 0 Å². The summed E-state index contributed by atoms with van der Waals surface area (Å²) in [5.74, 6) is -0.302. The first-order valence-electron chi connectivity index (χ1n) is 6.66. The van der Waals surface area contributed by atoms with Crippen molar-refractivity contribution < 1.29 is 14.3 Å². The highest BCUT2D eigenvalue weighted by Gasteiger charge is 2.26. The summed E-state index contributed by atoms with van der Waals surface area (Å²) in [6.45, 7) is 2.93. The molecule has 0 aliphatic carbocycles. The maximum atomic E-state index is 13.3. The van der Waals surface area contributed by atoms with Crippen LogP contribution in [0.1, 0.15) is 19.8 Å². The van der Waals surface area contributed by atoms with E-state index in [9.17, 15) is 14.3 Å². The zero-order chi connectivity index (χ0) is 14.7. The number of hydrogen-bond acceptors (Lipinski definition) is 2. The van der Waals surface area contributed by atoms with Gasteiger partial charge in [0, 0.05) is 29.2 Å². The lowest BCUT2D eigenvalue weighted by Crippen LogP contribution is -2.44. The van der Waals surface area contributed by atoms with Gasteiger partial charge in [0.05, 0.1) is 6.10 Å². The molecule has 1 fully saturated rings. The molecule has 4 nitrogen and oxygen atoms in total. The molecule has 2 N–H and O–H groups in total. The van der Waals surface area contributed by atoms with Gasteiger partial charge in [0.15, 0.2) is 0 Å². The summed E-state index contributed by atoms with van der Waals surface area (Å²) in [6, 6.07) is 4.00. The molecule has 0 spiro atoms. The summed E-state index contributed by atoms with van der Waals surface area (Å²) in [5, 5.41) is 12.3. The van der Waals surface area contributed by atoms with Crippen molar-refractivity contribution in [2.24, 2.45) is 5.92 Å². The van der Waals surface area contributed by atoms with Crippen LogP contribution in [0.15, 0.2) is 22.7 Å². The molecule has 0 saturated carbocycles. The molecule has 1 saturated heterocycles. The van der Waals surface area contributed by atoms with E-state index in [2.05, 4.69) is 21.2 Å². The van der Waals surface area contributed by atoms with Crippen molar-refractivity contribution in [1.29, 1.82) is 0 Å². The Labute approximate surface area is 126 Å². The zero-order valence-corrected chi connectivity index (χ0v) is 12.9. The SMILES string of the molecule is C[C@H](O)[C@@H]1CCCN(C(=O)Nc2cc(F)cc(Br)c2)C1. The number of anilines is 1. The summed E-state index contributed by atoms with van der Waals surface area (Å²) in [7, 11) is 0. The molecule has 110 valence electrons. The van der Waals surface area contributed by atoms with E-state index in [0.717, 1.165) is 12.8 Å². The number of likely N-dealkylation sites (tertiary alicyclic amines) is 1. The molecular formula is C14H18BrFN2O2. The number of carbonyl (C=O) groups is 1. The van der Waals surface area contributed by atoms with Crippen LogP contribution in [0, 0.1) is 11.7 Å². The van der Waals surface area contributed by atoms with Gasteiger partial charge >= 0.3 is 6.03 Å². The van der Waals surface area contributed by atoms with E-state index in [1.165, 1.54) is 12.1 Å². The fourth-order valence-corrected chi connectivity index (χ4v) is 2.88. The van der Waals surface area contributed by atoms with Crippen molar-refractivity contribution in [3.63, 3.8) is 0 Å². The Morgan fingerprint density at radius 2 is 2.30 bits per heavy atom. The number of halogens is 2. The van der Waals surface area contributed by atoms with Gasteiger partial charge in [0.2, 0.25) is 0 Å². The fraction of sp³-hybridized carbons (Fsp3) is 0.500. The predicted octanol–water partition coefficient (Wildman–Crippen LogP) is 3.21. The number of aliphatic hydroxyl groups is 1. The minimum absolute atomic E-state index is 0.105. The van der Waals surface area contributed by atoms with Gasteiger partial charge in [0.25, 0.3) is 0 Å². The van der Waals surface area contributed by atoms with Crippen LogP contribution in [0.4, 0.5) is 14.9 Å². The maximum Gasteiger partial charge on any atom is 0.321 e. The van der Waals surface area contributed by atoms with Crippen LogP contribution in [0.2, 0.25) is 0 Å². The van der Waals surface area contributed by atoms with E-state index in [1.54, 1.807) is 17.9 Å². The number of amides is 2. The van der Waals surface area contributed by atoms with Gasteiger partial charge in [-0.25, -0.2) is 9.18 Å². The van der Waals surface area contributed by atoms with Crippen molar-refractivity contribution in [2.75, 3.05) is 18.4 Å². The average Bonchev–Trinajstić information content (AvgIpc) is 2.37. The van der Waals surface area contributed by atoms with E-state index in [1.807, 2.05) is 0 Å². The van der Waals surface area contributed by atoms with Crippen molar-refractivity contribution in [1.82, 2.24) is 4.90 Å². The molecule has 2 amide bonds. The van der Waals surface area contributed by atoms with E-state index in [4.69, 9.17) is 0 Å². The predicted molar refractivity (Wildman–Crippen MR) is 79.1 cm³/mol. The Morgan fingerprint density at radius 3 is 2.95 bits per heavy atom.